The number of carbonyl (C=O) groups excluding carboxylic acids is 1. The van der Waals surface area contributed by atoms with Crippen molar-refractivity contribution in [1.82, 2.24) is 15.2 Å². The number of amidine groups is 1. The molecule has 0 aliphatic carbocycles. The number of carbonyl (C=O) groups is 2. The van der Waals surface area contributed by atoms with Gasteiger partial charge in [0.05, 0.1) is 12.2 Å². The van der Waals surface area contributed by atoms with E-state index in [0.717, 1.165) is 0 Å². The second kappa shape index (κ2) is 12.0. The van der Waals surface area contributed by atoms with Crippen molar-refractivity contribution in [3.63, 3.8) is 0 Å². The molecule has 13 heteroatoms. The predicted molar refractivity (Wildman–Crippen MR) is 135 cm³/mol. The molecule has 2 unspecified atom stereocenters. The number of nitrogens with one attached hydrogen (secondary N) is 1. The van der Waals surface area contributed by atoms with Crippen LogP contribution in [0.1, 0.15) is 31.3 Å². The van der Waals surface area contributed by atoms with E-state index < -0.39 is 41.9 Å². The van der Waals surface area contributed by atoms with Crippen molar-refractivity contribution < 1.29 is 37.3 Å². The highest BCUT2D eigenvalue weighted by atomic mass is 32.1. The number of hydrogen-bond donors (Lipinski definition) is 2. The standard InChI is InChI=1S/C25H29F3N4O5S/c1-5-36-23(35)20-17(12-32(4)13-18(25(3,27)28)37-14-19(33)34)30-21(22-29-10-11-38-22)31-24(20,2)15-6-8-16(26)9-7-15/h6-11,18H,5,12-14H2,1-4H3,(H,30,31)(H,33,34). The molecule has 0 fully saturated rings. The second-order valence-corrected chi connectivity index (χ2v) is 9.82. The van der Waals surface area contributed by atoms with Crippen LogP contribution in [0.15, 0.2) is 52.1 Å². The number of nitrogens with zero attached hydrogens (tertiary/aromatic N) is 3. The lowest BCUT2D eigenvalue weighted by Gasteiger charge is -2.36. The highest BCUT2D eigenvalue weighted by Crippen LogP contribution is 2.39. The minimum Gasteiger partial charge on any atom is -0.480 e. The van der Waals surface area contributed by atoms with E-state index in [-0.39, 0.29) is 25.3 Å². The fourth-order valence-corrected chi connectivity index (χ4v) is 4.60. The van der Waals surface area contributed by atoms with Crippen molar-refractivity contribution in [3.05, 3.63) is 63.5 Å². The van der Waals surface area contributed by atoms with Crippen LogP contribution in [-0.2, 0) is 24.6 Å². The molecular formula is C25H29F3N4O5S. The van der Waals surface area contributed by atoms with Gasteiger partial charge in [-0.25, -0.2) is 32.7 Å². The summed E-state index contributed by atoms with van der Waals surface area (Å²) in [7, 11) is 1.53. The van der Waals surface area contributed by atoms with Crippen LogP contribution in [0, 0.1) is 5.82 Å². The van der Waals surface area contributed by atoms with E-state index in [2.05, 4.69) is 10.3 Å². The average Bonchev–Trinajstić information content (AvgIpc) is 3.36. The molecule has 0 amide bonds. The highest BCUT2D eigenvalue weighted by Gasteiger charge is 2.43. The summed E-state index contributed by atoms with van der Waals surface area (Å²) in [5, 5.41) is 14.3. The molecule has 0 saturated carbocycles. The first kappa shape index (κ1) is 29.3. The number of likely N-dealkylation sites (N-methyl/N-ethyl adjacent to an activating group) is 1. The van der Waals surface area contributed by atoms with E-state index >= 15 is 0 Å². The molecule has 1 aromatic carbocycles. The first-order chi connectivity index (χ1) is 17.8. The molecule has 1 aliphatic rings. The van der Waals surface area contributed by atoms with E-state index in [1.165, 1.54) is 47.5 Å². The van der Waals surface area contributed by atoms with E-state index in [9.17, 15) is 22.8 Å². The van der Waals surface area contributed by atoms with Crippen LogP contribution in [0.3, 0.4) is 0 Å². The maximum atomic E-state index is 14.2. The molecule has 2 aromatic rings. The molecule has 3 rings (SSSR count). The monoisotopic (exact) mass is 554 g/mol. The molecule has 0 radical (unpaired) electrons. The zero-order chi connectivity index (χ0) is 28.1. The normalized spacial score (nSPS) is 18.7. The number of thiazole rings is 1. The number of hydrogen-bond acceptors (Lipinski definition) is 9. The second-order valence-electron chi connectivity index (χ2n) is 8.92. The van der Waals surface area contributed by atoms with E-state index in [4.69, 9.17) is 19.6 Å². The van der Waals surface area contributed by atoms with E-state index in [1.807, 2.05) is 0 Å². The third-order valence-corrected chi connectivity index (χ3v) is 6.57. The van der Waals surface area contributed by atoms with Gasteiger partial charge in [0.25, 0.3) is 5.92 Å². The fourth-order valence-electron chi connectivity index (χ4n) is 4.02. The van der Waals surface area contributed by atoms with Gasteiger partial charge in [-0.3, -0.25) is 4.90 Å². The topological polar surface area (TPSA) is 113 Å². The van der Waals surface area contributed by atoms with Crippen molar-refractivity contribution in [2.24, 2.45) is 4.99 Å². The van der Waals surface area contributed by atoms with Gasteiger partial charge in [-0.15, -0.1) is 11.3 Å². The lowest BCUT2D eigenvalue weighted by atomic mass is 9.82. The lowest BCUT2D eigenvalue weighted by Crippen LogP contribution is -2.47. The largest absolute Gasteiger partial charge is 0.480 e. The first-order valence-corrected chi connectivity index (χ1v) is 12.6. The molecule has 0 spiro atoms. The number of carboxylic acids is 1. The van der Waals surface area contributed by atoms with Crippen molar-refractivity contribution in [2.45, 2.75) is 38.3 Å². The van der Waals surface area contributed by atoms with Crippen LogP contribution < -0.4 is 5.32 Å². The fraction of sp³-hybridized carbons (Fsp3) is 0.440. The summed E-state index contributed by atoms with van der Waals surface area (Å²) in [6.45, 7) is 2.75. The summed E-state index contributed by atoms with van der Waals surface area (Å²) in [5.41, 5.74) is -0.407. The Hall–Kier alpha value is -3.29. The summed E-state index contributed by atoms with van der Waals surface area (Å²) < 4.78 is 52.5. The maximum Gasteiger partial charge on any atom is 0.338 e. The van der Waals surface area contributed by atoms with Gasteiger partial charge in [-0.05, 0) is 38.6 Å². The van der Waals surface area contributed by atoms with Gasteiger partial charge in [0, 0.05) is 37.3 Å². The Labute approximate surface area is 222 Å². The SMILES string of the molecule is CCOC(=O)C1=C(CN(C)CC(OCC(=O)O)C(C)(F)F)NC(c2nccs2)=NC1(C)c1ccc(F)cc1. The molecule has 2 atom stereocenters. The number of ether oxygens (including phenoxy) is 2. The number of alkyl halides is 2. The minimum atomic E-state index is -3.34. The Kier molecular flexibility index (Phi) is 9.28. The number of benzene rings is 1. The van der Waals surface area contributed by atoms with Crippen LogP contribution >= 0.6 is 11.3 Å². The van der Waals surface area contributed by atoms with Crippen molar-refractivity contribution in [2.75, 3.05) is 33.4 Å². The molecule has 0 bridgehead atoms. The number of rotatable bonds is 12. The zero-order valence-corrected chi connectivity index (χ0v) is 22.2. The Morgan fingerprint density at radius 1 is 1.29 bits per heavy atom. The number of aliphatic carboxylic acids is 1. The highest BCUT2D eigenvalue weighted by molar-refractivity contribution is 7.11. The molecule has 2 N–H and O–H groups in total. The molecule has 9 nitrogen and oxygen atoms in total. The van der Waals surface area contributed by atoms with Crippen LogP contribution in [0.4, 0.5) is 13.2 Å². The number of halogens is 3. The Bertz CT molecular complexity index is 1200. The minimum absolute atomic E-state index is 0.0572. The number of carboxylic acid groups (broad SMARTS) is 1. The van der Waals surface area contributed by atoms with Gasteiger partial charge in [0.1, 0.15) is 24.1 Å². The Morgan fingerprint density at radius 3 is 2.53 bits per heavy atom. The predicted octanol–water partition coefficient (Wildman–Crippen LogP) is 3.42. The molecule has 0 saturated heterocycles. The maximum absolute atomic E-state index is 14.2. The van der Waals surface area contributed by atoms with Crippen LogP contribution in [0.2, 0.25) is 0 Å². The molecule has 206 valence electrons. The van der Waals surface area contributed by atoms with Gasteiger partial charge in [0.15, 0.2) is 10.8 Å². The third kappa shape index (κ3) is 6.97. The van der Waals surface area contributed by atoms with Crippen LogP contribution in [-0.4, -0.2) is 78.1 Å². The van der Waals surface area contributed by atoms with Crippen LogP contribution in [0.5, 0.6) is 0 Å². The van der Waals surface area contributed by atoms with Gasteiger partial charge in [-0.1, -0.05) is 12.1 Å². The van der Waals surface area contributed by atoms with Gasteiger partial charge in [0.2, 0.25) is 0 Å². The molecule has 38 heavy (non-hydrogen) atoms. The Balaban J connectivity index is 2.06. The average molecular weight is 555 g/mol. The number of esters is 1. The van der Waals surface area contributed by atoms with Crippen molar-refractivity contribution in [1.29, 1.82) is 0 Å². The third-order valence-electron chi connectivity index (χ3n) is 5.79. The van der Waals surface area contributed by atoms with Gasteiger partial charge < -0.3 is 19.9 Å². The van der Waals surface area contributed by atoms with Gasteiger partial charge >= 0.3 is 11.9 Å². The van der Waals surface area contributed by atoms with E-state index in [0.29, 0.717) is 29.0 Å². The number of aromatic nitrogens is 1. The van der Waals surface area contributed by atoms with Gasteiger partial charge in [-0.2, -0.15) is 0 Å². The quantitative estimate of drug-likeness (QED) is 0.384. The number of aliphatic imine (C=N–C) groups is 1. The Morgan fingerprint density at radius 2 is 1.97 bits per heavy atom. The summed E-state index contributed by atoms with van der Waals surface area (Å²) >= 11 is 1.30. The summed E-state index contributed by atoms with van der Waals surface area (Å²) in [6.07, 6.45) is -0.141. The van der Waals surface area contributed by atoms with Crippen molar-refractivity contribution >= 4 is 29.1 Å². The molecule has 2 heterocycles. The molecule has 1 aromatic heterocycles. The zero-order valence-electron chi connectivity index (χ0n) is 21.3. The summed E-state index contributed by atoms with van der Waals surface area (Å²) in [6, 6.07) is 5.53. The van der Waals surface area contributed by atoms with Crippen LogP contribution in [0.25, 0.3) is 0 Å². The summed E-state index contributed by atoms with van der Waals surface area (Å²) in [4.78, 5) is 34.7. The molecule has 1 aliphatic heterocycles. The smallest absolute Gasteiger partial charge is 0.338 e. The summed E-state index contributed by atoms with van der Waals surface area (Å²) in [5.74, 6) is -5.52. The lowest BCUT2D eigenvalue weighted by molar-refractivity contribution is -0.160. The van der Waals surface area contributed by atoms with E-state index in [1.54, 1.807) is 25.4 Å². The van der Waals surface area contributed by atoms with Crippen molar-refractivity contribution in [3.8, 4) is 0 Å². The molecular weight excluding hydrogens is 525 g/mol. The first-order valence-electron chi connectivity index (χ1n) is 11.7.